The molecule has 0 unspecified atom stereocenters. The lowest BCUT2D eigenvalue weighted by atomic mass is 10.2. The summed E-state index contributed by atoms with van der Waals surface area (Å²) in [6.07, 6.45) is 0.351. The molecule has 0 saturated heterocycles. The monoisotopic (exact) mass is 382 g/mol. The molecule has 0 heterocycles. The molecule has 0 spiro atoms. The number of nitrogen functional groups attached to an aromatic ring is 2. The second kappa shape index (κ2) is 8.60. The van der Waals surface area contributed by atoms with Crippen LogP contribution in [0.5, 0.6) is 0 Å². The average molecular weight is 383 g/mol. The highest BCUT2D eigenvalue weighted by atomic mass is 35.5. The fourth-order valence-corrected chi connectivity index (χ4v) is 2.13. The van der Waals surface area contributed by atoms with Crippen LogP contribution < -0.4 is 11.5 Å². The van der Waals surface area contributed by atoms with Crippen LogP contribution in [0.4, 0.5) is 11.4 Å². The van der Waals surface area contributed by atoms with Crippen molar-refractivity contribution in [3.05, 3.63) is 57.6 Å². The third kappa shape index (κ3) is 5.27. The van der Waals surface area contributed by atoms with E-state index in [1.165, 1.54) is 36.4 Å². The van der Waals surface area contributed by atoms with Crippen molar-refractivity contribution in [2.24, 2.45) is 0 Å². The first-order valence-electron chi connectivity index (χ1n) is 7.33. The third-order valence-corrected chi connectivity index (χ3v) is 3.91. The summed E-state index contributed by atoms with van der Waals surface area (Å²) in [6, 6.07) is 8.96. The van der Waals surface area contributed by atoms with Crippen LogP contribution in [0.25, 0.3) is 0 Å². The summed E-state index contributed by atoms with van der Waals surface area (Å²) in [5.41, 5.74) is 12.5. The number of anilines is 2. The largest absolute Gasteiger partial charge is 0.462 e. The highest BCUT2D eigenvalue weighted by Crippen LogP contribution is 2.21. The summed E-state index contributed by atoms with van der Waals surface area (Å²) >= 11 is 11.6. The summed E-state index contributed by atoms with van der Waals surface area (Å²) in [5, 5.41) is 0.734. The topological polar surface area (TPSA) is 105 Å². The van der Waals surface area contributed by atoms with Crippen LogP contribution in [0.15, 0.2) is 36.4 Å². The van der Waals surface area contributed by atoms with E-state index < -0.39 is 11.9 Å². The zero-order chi connectivity index (χ0) is 18.4. The van der Waals surface area contributed by atoms with Gasteiger partial charge in [0.2, 0.25) is 0 Å². The van der Waals surface area contributed by atoms with Gasteiger partial charge in [-0.2, -0.15) is 0 Å². The quantitative estimate of drug-likeness (QED) is 0.449. The van der Waals surface area contributed by atoms with Gasteiger partial charge in [-0.15, -0.1) is 0 Å². The van der Waals surface area contributed by atoms with Crippen LogP contribution in [0.3, 0.4) is 0 Å². The molecule has 6 nitrogen and oxygen atoms in total. The summed E-state index contributed by atoms with van der Waals surface area (Å²) in [4.78, 5) is 23.7. The van der Waals surface area contributed by atoms with E-state index in [0.29, 0.717) is 39.0 Å². The molecule has 132 valence electrons. The van der Waals surface area contributed by atoms with Gasteiger partial charge < -0.3 is 20.9 Å². The Bertz CT molecular complexity index is 731. The first-order chi connectivity index (χ1) is 11.9. The summed E-state index contributed by atoms with van der Waals surface area (Å²) in [6.45, 7) is 0.189. The second-order valence-corrected chi connectivity index (χ2v) is 5.91. The fourth-order valence-electron chi connectivity index (χ4n) is 1.90. The van der Waals surface area contributed by atoms with Gasteiger partial charge in [0, 0.05) is 6.42 Å². The minimum atomic E-state index is -0.528. The van der Waals surface area contributed by atoms with E-state index in [4.69, 9.17) is 44.1 Å². The molecular formula is C17H16Cl2N2O4. The Morgan fingerprint density at radius 2 is 1.20 bits per heavy atom. The van der Waals surface area contributed by atoms with Crippen molar-refractivity contribution in [3.63, 3.8) is 0 Å². The van der Waals surface area contributed by atoms with Crippen molar-refractivity contribution < 1.29 is 19.1 Å². The Morgan fingerprint density at radius 1 is 0.800 bits per heavy atom. The van der Waals surface area contributed by atoms with Gasteiger partial charge in [0.25, 0.3) is 0 Å². The molecule has 0 aliphatic rings. The van der Waals surface area contributed by atoms with Gasteiger partial charge in [-0.05, 0) is 36.4 Å². The first-order valence-corrected chi connectivity index (χ1v) is 8.08. The maximum absolute atomic E-state index is 11.8. The van der Waals surface area contributed by atoms with Crippen LogP contribution in [0.1, 0.15) is 27.1 Å². The molecule has 0 bridgehead atoms. The van der Waals surface area contributed by atoms with E-state index in [1.54, 1.807) is 0 Å². The van der Waals surface area contributed by atoms with Gasteiger partial charge in [0.1, 0.15) is 0 Å². The maximum atomic E-state index is 11.8. The van der Waals surface area contributed by atoms with Crippen LogP contribution >= 0.6 is 23.2 Å². The van der Waals surface area contributed by atoms with Crippen molar-refractivity contribution in [1.29, 1.82) is 0 Å². The Morgan fingerprint density at radius 3 is 1.56 bits per heavy atom. The number of nitrogens with two attached hydrogens (primary N) is 2. The van der Waals surface area contributed by atoms with E-state index in [0.717, 1.165) is 0 Å². The number of benzene rings is 2. The van der Waals surface area contributed by atoms with Gasteiger partial charge in [-0.25, -0.2) is 9.59 Å². The molecule has 0 saturated carbocycles. The van der Waals surface area contributed by atoms with Crippen LogP contribution in [-0.2, 0) is 9.47 Å². The van der Waals surface area contributed by atoms with Crippen LogP contribution in [0.2, 0.25) is 10.0 Å². The zero-order valence-corrected chi connectivity index (χ0v) is 14.6. The Hall–Kier alpha value is -2.44. The Kier molecular flexibility index (Phi) is 6.50. The second-order valence-electron chi connectivity index (χ2n) is 5.10. The van der Waals surface area contributed by atoms with E-state index in [9.17, 15) is 9.59 Å². The summed E-state index contributed by atoms with van der Waals surface area (Å²) < 4.78 is 10.2. The van der Waals surface area contributed by atoms with Crippen molar-refractivity contribution in [2.45, 2.75) is 6.42 Å². The SMILES string of the molecule is Nc1cc(C(=O)OCCCOC(=O)c2ccc(Cl)c(N)c2)ccc1Cl. The van der Waals surface area contributed by atoms with Crippen molar-refractivity contribution in [1.82, 2.24) is 0 Å². The highest BCUT2D eigenvalue weighted by Gasteiger charge is 2.11. The standard InChI is InChI=1S/C17H16Cl2N2O4/c18-12-4-2-10(8-14(12)20)16(22)24-6-1-7-25-17(23)11-3-5-13(19)15(21)9-11/h2-5,8-9H,1,6-7,20-21H2. The lowest BCUT2D eigenvalue weighted by Gasteiger charge is -2.08. The van der Waals surface area contributed by atoms with Gasteiger partial charge in [0.05, 0.1) is 45.8 Å². The number of halogens is 2. The molecule has 4 N–H and O–H groups in total. The summed E-state index contributed by atoms with van der Waals surface area (Å²) in [7, 11) is 0. The minimum Gasteiger partial charge on any atom is -0.462 e. The Balaban J connectivity index is 1.73. The van der Waals surface area contributed by atoms with Crippen molar-refractivity contribution >= 4 is 46.5 Å². The number of hydrogen-bond acceptors (Lipinski definition) is 6. The molecule has 0 fully saturated rings. The smallest absolute Gasteiger partial charge is 0.338 e. The van der Waals surface area contributed by atoms with Gasteiger partial charge >= 0.3 is 11.9 Å². The molecule has 25 heavy (non-hydrogen) atoms. The average Bonchev–Trinajstić information content (AvgIpc) is 2.59. The lowest BCUT2D eigenvalue weighted by Crippen LogP contribution is -2.11. The van der Waals surface area contributed by atoms with Crippen molar-refractivity contribution in [3.8, 4) is 0 Å². The molecule has 0 amide bonds. The molecule has 0 aliphatic heterocycles. The molecule has 0 atom stereocenters. The predicted octanol–water partition coefficient (Wildman–Crippen LogP) is 3.56. The minimum absolute atomic E-state index is 0.0946. The molecule has 2 aromatic rings. The van der Waals surface area contributed by atoms with Crippen LogP contribution in [-0.4, -0.2) is 25.2 Å². The predicted molar refractivity (Wildman–Crippen MR) is 96.9 cm³/mol. The zero-order valence-electron chi connectivity index (χ0n) is 13.1. The maximum Gasteiger partial charge on any atom is 0.338 e. The molecule has 2 aromatic carbocycles. The van der Waals surface area contributed by atoms with Gasteiger partial charge in [0.15, 0.2) is 0 Å². The molecule has 2 rings (SSSR count). The fraction of sp³-hybridized carbons (Fsp3) is 0.176. The molecule has 0 aromatic heterocycles. The molecule has 8 heteroatoms. The number of rotatable bonds is 6. The van der Waals surface area contributed by atoms with E-state index >= 15 is 0 Å². The number of hydrogen-bond donors (Lipinski definition) is 2. The molecule has 0 aliphatic carbocycles. The first kappa shape index (κ1) is 18.9. The third-order valence-electron chi connectivity index (χ3n) is 3.22. The summed E-state index contributed by atoms with van der Waals surface area (Å²) in [5.74, 6) is -1.06. The number of ether oxygens (including phenoxy) is 2. The molecule has 0 radical (unpaired) electrons. The lowest BCUT2D eigenvalue weighted by molar-refractivity contribution is 0.0396. The number of esters is 2. The Labute approximate surface area is 154 Å². The normalized spacial score (nSPS) is 10.3. The van der Waals surface area contributed by atoms with E-state index in [2.05, 4.69) is 0 Å². The number of carbonyl (C=O) groups is 2. The highest BCUT2D eigenvalue weighted by molar-refractivity contribution is 6.33. The van der Waals surface area contributed by atoms with E-state index in [-0.39, 0.29) is 13.2 Å². The van der Waals surface area contributed by atoms with Gasteiger partial charge in [-0.1, -0.05) is 23.2 Å². The number of carbonyl (C=O) groups excluding carboxylic acids is 2. The van der Waals surface area contributed by atoms with Gasteiger partial charge in [-0.3, -0.25) is 0 Å². The van der Waals surface area contributed by atoms with E-state index in [1.807, 2.05) is 0 Å². The van der Waals surface area contributed by atoms with Crippen molar-refractivity contribution in [2.75, 3.05) is 24.7 Å². The van der Waals surface area contributed by atoms with Crippen LogP contribution in [0, 0.1) is 0 Å². The molecular weight excluding hydrogens is 367 g/mol.